The van der Waals surface area contributed by atoms with Crippen LogP contribution in [0.3, 0.4) is 0 Å². The molecule has 4 unspecified atom stereocenters. The van der Waals surface area contributed by atoms with Crippen molar-refractivity contribution in [2.24, 2.45) is 17.6 Å². The van der Waals surface area contributed by atoms with E-state index in [1.165, 1.54) is 38.1 Å². The fourth-order valence-electron chi connectivity index (χ4n) is 3.53. The van der Waals surface area contributed by atoms with Gasteiger partial charge in [0.2, 0.25) is 0 Å². The Morgan fingerprint density at radius 2 is 2.06 bits per heavy atom. The topological polar surface area (TPSA) is 29.3 Å². The summed E-state index contributed by atoms with van der Waals surface area (Å²) in [6, 6.07) is 0. The SMILES string of the molecule is CC1CN(C2(CN)CCC(C)C(C)C2)CCS1. The summed E-state index contributed by atoms with van der Waals surface area (Å²) in [5.41, 5.74) is 6.49. The van der Waals surface area contributed by atoms with Crippen LogP contribution in [0.5, 0.6) is 0 Å². The van der Waals surface area contributed by atoms with Crippen molar-refractivity contribution < 1.29 is 0 Å². The molecule has 0 amide bonds. The summed E-state index contributed by atoms with van der Waals surface area (Å²) in [4.78, 5) is 2.72. The minimum absolute atomic E-state index is 0.321. The fourth-order valence-corrected chi connectivity index (χ4v) is 4.55. The molecule has 0 bridgehead atoms. The second-order valence-corrected chi connectivity index (χ2v) is 7.80. The molecule has 0 aromatic heterocycles. The van der Waals surface area contributed by atoms with Crippen LogP contribution in [0.1, 0.15) is 40.0 Å². The van der Waals surface area contributed by atoms with Crippen LogP contribution in [0.15, 0.2) is 0 Å². The van der Waals surface area contributed by atoms with E-state index in [1.807, 2.05) is 0 Å². The van der Waals surface area contributed by atoms with Crippen LogP contribution in [0.2, 0.25) is 0 Å². The first-order valence-corrected chi connectivity index (χ1v) is 8.19. The standard InChI is InChI=1S/C14H28N2S/c1-11-4-5-14(10-15,8-12(11)2)16-6-7-17-13(3)9-16/h11-13H,4-10,15H2,1-3H3. The predicted molar refractivity (Wildman–Crippen MR) is 77.5 cm³/mol. The zero-order valence-corrected chi connectivity index (χ0v) is 12.4. The highest BCUT2D eigenvalue weighted by atomic mass is 32.2. The quantitative estimate of drug-likeness (QED) is 0.823. The van der Waals surface area contributed by atoms with Crippen LogP contribution in [0.25, 0.3) is 0 Å². The maximum absolute atomic E-state index is 6.17. The van der Waals surface area contributed by atoms with Crippen molar-refractivity contribution in [1.29, 1.82) is 0 Å². The lowest BCUT2D eigenvalue weighted by Gasteiger charge is -2.51. The molecular weight excluding hydrogens is 228 g/mol. The highest BCUT2D eigenvalue weighted by Crippen LogP contribution is 2.40. The third-order valence-corrected chi connectivity index (χ3v) is 6.17. The van der Waals surface area contributed by atoms with Gasteiger partial charge in [-0.15, -0.1) is 0 Å². The molecule has 1 heterocycles. The van der Waals surface area contributed by atoms with E-state index in [1.54, 1.807) is 0 Å². The molecule has 1 saturated heterocycles. The zero-order valence-electron chi connectivity index (χ0n) is 11.6. The molecule has 2 rings (SSSR count). The van der Waals surface area contributed by atoms with Gasteiger partial charge in [0.05, 0.1) is 0 Å². The van der Waals surface area contributed by atoms with Gasteiger partial charge in [0.15, 0.2) is 0 Å². The minimum Gasteiger partial charge on any atom is -0.329 e. The highest BCUT2D eigenvalue weighted by Gasteiger charge is 2.42. The van der Waals surface area contributed by atoms with Gasteiger partial charge in [-0.3, -0.25) is 4.90 Å². The number of rotatable bonds is 2. The van der Waals surface area contributed by atoms with Gasteiger partial charge >= 0.3 is 0 Å². The molecule has 2 N–H and O–H groups in total. The number of hydrogen-bond donors (Lipinski definition) is 1. The summed E-state index contributed by atoms with van der Waals surface area (Å²) in [5, 5.41) is 0.779. The minimum atomic E-state index is 0.321. The van der Waals surface area contributed by atoms with Crippen molar-refractivity contribution in [1.82, 2.24) is 4.90 Å². The molecule has 0 aromatic carbocycles. The molecular formula is C14H28N2S. The van der Waals surface area contributed by atoms with Gasteiger partial charge in [-0.25, -0.2) is 0 Å². The Labute approximate surface area is 111 Å². The third kappa shape index (κ3) is 2.82. The molecule has 100 valence electrons. The molecule has 0 radical (unpaired) electrons. The third-order valence-electron chi connectivity index (χ3n) is 5.03. The van der Waals surface area contributed by atoms with Crippen LogP contribution < -0.4 is 5.73 Å². The molecule has 1 saturated carbocycles. The summed E-state index contributed by atoms with van der Waals surface area (Å²) in [5.74, 6) is 3.00. The van der Waals surface area contributed by atoms with Gasteiger partial charge in [0.1, 0.15) is 0 Å². The summed E-state index contributed by atoms with van der Waals surface area (Å²) in [7, 11) is 0. The molecule has 17 heavy (non-hydrogen) atoms. The van der Waals surface area contributed by atoms with Crippen LogP contribution in [0.4, 0.5) is 0 Å². The second-order valence-electron chi connectivity index (χ2n) is 6.25. The van der Waals surface area contributed by atoms with Crippen molar-refractivity contribution in [3.63, 3.8) is 0 Å². The molecule has 2 fully saturated rings. The van der Waals surface area contributed by atoms with Gasteiger partial charge in [0, 0.05) is 36.2 Å². The monoisotopic (exact) mass is 256 g/mol. The van der Waals surface area contributed by atoms with Crippen molar-refractivity contribution >= 4 is 11.8 Å². The van der Waals surface area contributed by atoms with Gasteiger partial charge in [-0.05, 0) is 31.1 Å². The summed E-state index contributed by atoms with van der Waals surface area (Å²) >= 11 is 2.11. The maximum atomic E-state index is 6.17. The van der Waals surface area contributed by atoms with Crippen molar-refractivity contribution in [2.75, 3.05) is 25.4 Å². The van der Waals surface area contributed by atoms with Gasteiger partial charge in [-0.1, -0.05) is 20.8 Å². The Hall–Kier alpha value is 0.270. The van der Waals surface area contributed by atoms with Crippen molar-refractivity contribution in [3.05, 3.63) is 0 Å². The van der Waals surface area contributed by atoms with Crippen LogP contribution >= 0.6 is 11.8 Å². The molecule has 1 aliphatic carbocycles. The van der Waals surface area contributed by atoms with Crippen molar-refractivity contribution in [2.45, 2.75) is 50.8 Å². The van der Waals surface area contributed by atoms with Gasteiger partial charge < -0.3 is 5.73 Å². The number of thioether (sulfide) groups is 1. The smallest absolute Gasteiger partial charge is 0.0335 e. The fraction of sp³-hybridized carbons (Fsp3) is 1.00. The first kappa shape index (κ1) is 13.7. The Kier molecular flexibility index (Phi) is 4.43. The Bertz CT molecular complexity index is 259. The Morgan fingerprint density at radius 1 is 1.29 bits per heavy atom. The maximum Gasteiger partial charge on any atom is 0.0335 e. The van der Waals surface area contributed by atoms with E-state index >= 15 is 0 Å². The Balaban J connectivity index is 2.08. The van der Waals surface area contributed by atoms with E-state index in [2.05, 4.69) is 37.4 Å². The van der Waals surface area contributed by atoms with E-state index in [-0.39, 0.29) is 0 Å². The average Bonchev–Trinajstić information content (AvgIpc) is 2.33. The lowest BCUT2D eigenvalue weighted by atomic mass is 9.70. The summed E-state index contributed by atoms with van der Waals surface area (Å²) in [6.07, 6.45) is 3.98. The Morgan fingerprint density at radius 3 is 2.65 bits per heavy atom. The molecule has 2 nitrogen and oxygen atoms in total. The van der Waals surface area contributed by atoms with Crippen LogP contribution in [-0.4, -0.2) is 41.1 Å². The van der Waals surface area contributed by atoms with Crippen molar-refractivity contribution in [3.8, 4) is 0 Å². The molecule has 0 spiro atoms. The number of hydrogen-bond acceptors (Lipinski definition) is 3. The zero-order chi connectivity index (χ0) is 12.5. The second kappa shape index (κ2) is 5.50. The summed E-state index contributed by atoms with van der Waals surface area (Å²) in [6.45, 7) is 10.5. The first-order valence-electron chi connectivity index (χ1n) is 7.14. The van der Waals surface area contributed by atoms with Crippen LogP contribution in [-0.2, 0) is 0 Å². The molecule has 1 aliphatic heterocycles. The normalized spacial score (nSPS) is 44.8. The van der Waals surface area contributed by atoms with E-state index in [9.17, 15) is 0 Å². The van der Waals surface area contributed by atoms with E-state index in [4.69, 9.17) is 5.73 Å². The largest absolute Gasteiger partial charge is 0.329 e. The van der Waals surface area contributed by atoms with Crippen LogP contribution in [0, 0.1) is 11.8 Å². The predicted octanol–water partition coefficient (Wildman–Crippen LogP) is 2.58. The molecule has 3 heteroatoms. The number of nitrogens with zero attached hydrogens (tertiary/aromatic N) is 1. The van der Waals surface area contributed by atoms with Gasteiger partial charge in [-0.2, -0.15) is 11.8 Å². The lowest BCUT2D eigenvalue weighted by Crippen LogP contribution is -2.60. The molecule has 0 aromatic rings. The first-order chi connectivity index (χ1) is 8.07. The van der Waals surface area contributed by atoms with E-state index < -0.39 is 0 Å². The molecule has 4 atom stereocenters. The van der Waals surface area contributed by atoms with E-state index in [0.717, 1.165) is 23.6 Å². The molecule has 2 aliphatic rings. The van der Waals surface area contributed by atoms with E-state index in [0.29, 0.717) is 5.54 Å². The average molecular weight is 256 g/mol. The number of nitrogens with two attached hydrogens (primary N) is 1. The lowest BCUT2D eigenvalue weighted by molar-refractivity contribution is 0.0243. The highest BCUT2D eigenvalue weighted by molar-refractivity contribution is 7.99. The van der Waals surface area contributed by atoms with Gasteiger partial charge in [0.25, 0.3) is 0 Å². The summed E-state index contributed by atoms with van der Waals surface area (Å²) < 4.78 is 0.